The largest absolute Gasteiger partial charge is 0.370 e. The fraction of sp³-hybridized carbons (Fsp3) is 0.227. The predicted octanol–water partition coefficient (Wildman–Crippen LogP) is 3.21. The summed E-state index contributed by atoms with van der Waals surface area (Å²) >= 11 is 1.40. The van der Waals surface area contributed by atoms with E-state index in [0.717, 1.165) is 28.1 Å². The van der Waals surface area contributed by atoms with Crippen LogP contribution in [0.3, 0.4) is 0 Å². The Kier molecular flexibility index (Phi) is 8.98. The molecule has 0 saturated heterocycles. The van der Waals surface area contributed by atoms with Crippen LogP contribution in [0.25, 0.3) is 0 Å². The normalized spacial score (nSPS) is 10.8. The summed E-state index contributed by atoms with van der Waals surface area (Å²) in [5, 5.41) is 3.28. The van der Waals surface area contributed by atoms with Crippen molar-refractivity contribution in [2.75, 3.05) is 11.6 Å². The third-order valence-corrected chi connectivity index (χ3v) is 6.72. The zero-order valence-electron chi connectivity index (χ0n) is 18.2. The highest BCUT2D eigenvalue weighted by Crippen LogP contribution is 2.28. The molecule has 0 unspecified atom stereocenters. The minimum atomic E-state index is -3.29. The van der Waals surface area contributed by atoms with Crippen LogP contribution in [0.2, 0.25) is 0 Å². The summed E-state index contributed by atoms with van der Waals surface area (Å²) in [6.45, 7) is 1.44. The van der Waals surface area contributed by atoms with Crippen molar-refractivity contribution in [2.45, 2.75) is 31.1 Å². The molecular formula is C22H26ClN5O3S2. The molecule has 0 radical (unpaired) electrons. The fourth-order valence-corrected chi connectivity index (χ4v) is 4.92. The van der Waals surface area contributed by atoms with E-state index in [2.05, 4.69) is 15.3 Å². The van der Waals surface area contributed by atoms with Gasteiger partial charge in [-0.05, 0) is 48.2 Å². The number of nitrogens with one attached hydrogen (secondary N) is 1. The second-order valence-electron chi connectivity index (χ2n) is 7.37. The number of amides is 1. The van der Waals surface area contributed by atoms with Crippen LogP contribution in [0.15, 0.2) is 58.4 Å². The second-order valence-corrected chi connectivity index (χ2v) is 10.5. The van der Waals surface area contributed by atoms with Gasteiger partial charge in [-0.2, -0.15) is 0 Å². The average molecular weight is 508 g/mol. The van der Waals surface area contributed by atoms with Gasteiger partial charge in [0.2, 0.25) is 5.91 Å². The second kappa shape index (κ2) is 11.3. The molecule has 0 bridgehead atoms. The van der Waals surface area contributed by atoms with Gasteiger partial charge in [0.15, 0.2) is 20.9 Å². The van der Waals surface area contributed by atoms with E-state index in [1.54, 1.807) is 18.2 Å². The molecule has 1 aromatic heterocycles. The van der Waals surface area contributed by atoms with E-state index < -0.39 is 9.84 Å². The number of nitrogens with zero attached hydrogens (tertiary/aromatic N) is 2. The number of aryl methyl sites for hydroxylation is 2. The summed E-state index contributed by atoms with van der Waals surface area (Å²) in [7, 11) is -3.29. The molecule has 0 aliphatic rings. The van der Waals surface area contributed by atoms with Gasteiger partial charge in [0.25, 0.3) is 0 Å². The highest BCUT2D eigenvalue weighted by Gasteiger charge is 2.15. The Morgan fingerprint density at radius 2 is 1.79 bits per heavy atom. The Bertz CT molecular complexity index is 1250. The standard InChI is InChI=1S/C22H25N5O3S2.ClH/c1-14(28)25-22-27-19(11-8-15-6-9-17(10-7-15)26-21(23)24)20(31-22)13-16-4-3-5-18(12-16)32(2,29)30;/h3-7,9-10,12H,8,11,13H2,1-2H3,(H4,23,24,26)(H,25,27,28);1H. The molecule has 176 valence electrons. The van der Waals surface area contributed by atoms with Crippen LogP contribution in [0.4, 0.5) is 10.8 Å². The number of benzene rings is 2. The molecule has 0 atom stereocenters. The van der Waals surface area contributed by atoms with Crippen LogP contribution in [-0.4, -0.2) is 31.5 Å². The van der Waals surface area contributed by atoms with Gasteiger partial charge >= 0.3 is 0 Å². The van der Waals surface area contributed by atoms with Crippen molar-refractivity contribution in [3.63, 3.8) is 0 Å². The molecule has 1 heterocycles. The Morgan fingerprint density at radius 1 is 1.09 bits per heavy atom. The molecule has 11 heteroatoms. The maximum absolute atomic E-state index is 11.9. The number of guanidine groups is 1. The van der Waals surface area contributed by atoms with Crippen molar-refractivity contribution in [1.82, 2.24) is 4.98 Å². The molecule has 3 rings (SSSR count). The number of aliphatic imine (C=N–C) groups is 1. The quantitative estimate of drug-likeness (QED) is 0.316. The van der Waals surface area contributed by atoms with E-state index in [0.29, 0.717) is 23.7 Å². The summed E-state index contributed by atoms with van der Waals surface area (Å²) in [5.74, 6) is -0.179. The molecule has 0 saturated carbocycles. The molecule has 0 spiro atoms. The van der Waals surface area contributed by atoms with Crippen LogP contribution >= 0.6 is 23.7 Å². The number of hydrogen-bond donors (Lipinski definition) is 3. The fourth-order valence-electron chi connectivity index (χ4n) is 3.14. The molecule has 0 aliphatic carbocycles. The lowest BCUT2D eigenvalue weighted by atomic mass is 10.0. The summed E-state index contributed by atoms with van der Waals surface area (Å²) in [5.41, 5.74) is 14.3. The molecule has 5 N–H and O–H groups in total. The van der Waals surface area contributed by atoms with Crippen LogP contribution < -0.4 is 16.8 Å². The topological polar surface area (TPSA) is 141 Å². The molecule has 33 heavy (non-hydrogen) atoms. The van der Waals surface area contributed by atoms with E-state index in [4.69, 9.17) is 11.5 Å². The third kappa shape index (κ3) is 7.85. The lowest BCUT2D eigenvalue weighted by Gasteiger charge is -2.06. The maximum atomic E-state index is 11.9. The highest BCUT2D eigenvalue weighted by molar-refractivity contribution is 7.90. The van der Waals surface area contributed by atoms with Gasteiger partial charge in [-0.15, -0.1) is 23.7 Å². The van der Waals surface area contributed by atoms with E-state index in [-0.39, 0.29) is 29.2 Å². The maximum Gasteiger partial charge on any atom is 0.223 e. The van der Waals surface area contributed by atoms with E-state index in [1.165, 1.54) is 24.5 Å². The minimum absolute atomic E-state index is 0. The molecular weight excluding hydrogens is 482 g/mol. The number of hydrogen-bond acceptors (Lipinski definition) is 6. The molecule has 2 aromatic carbocycles. The van der Waals surface area contributed by atoms with Gasteiger partial charge in [0.05, 0.1) is 16.3 Å². The van der Waals surface area contributed by atoms with Crippen LogP contribution in [-0.2, 0) is 33.9 Å². The molecule has 8 nitrogen and oxygen atoms in total. The summed E-state index contributed by atoms with van der Waals surface area (Å²) in [6.07, 6.45) is 3.12. The Morgan fingerprint density at radius 3 is 2.39 bits per heavy atom. The van der Waals surface area contributed by atoms with Crippen molar-refractivity contribution >= 4 is 56.3 Å². The van der Waals surface area contributed by atoms with Crippen LogP contribution in [0.1, 0.15) is 28.6 Å². The van der Waals surface area contributed by atoms with Crippen LogP contribution in [0, 0.1) is 0 Å². The minimum Gasteiger partial charge on any atom is -0.370 e. The number of rotatable bonds is 8. The monoisotopic (exact) mass is 507 g/mol. The van der Waals surface area contributed by atoms with Gasteiger partial charge in [0.1, 0.15) is 0 Å². The van der Waals surface area contributed by atoms with Gasteiger partial charge in [-0.3, -0.25) is 4.79 Å². The highest BCUT2D eigenvalue weighted by atomic mass is 35.5. The van der Waals surface area contributed by atoms with E-state index in [9.17, 15) is 13.2 Å². The average Bonchev–Trinajstić information content (AvgIpc) is 3.07. The smallest absolute Gasteiger partial charge is 0.223 e. The first-order valence-electron chi connectivity index (χ1n) is 9.84. The number of carbonyl (C=O) groups excluding carboxylic acids is 1. The Balaban J connectivity index is 0.00000385. The predicted molar refractivity (Wildman–Crippen MR) is 135 cm³/mol. The van der Waals surface area contributed by atoms with Crippen LogP contribution in [0.5, 0.6) is 0 Å². The first-order chi connectivity index (χ1) is 15.1. The molecule has 3 aromatic rings. The van der Waals surface area contributed by atoms with Gasteiger partial charge < -0.3 is 16.8 Å². The Labute approximate surface area is 203 Å². The molecule has 0 fully saturated rings. The number of aromatic nitrogens is 1. The lowest BCUT2D eigenvalue weighted by Crippen LogP contribution is -2.21. The van der Waals surface area contributed by atoms with Crippen molar-refractivity contribution in [3.05, 3.63) is 70.2 Å². The number of halogens is 1. The molecule has 0 aliphatic heterocycles. The SMILES string of the molecule is CC(=O)Nc1nc(CCc2ccc(N=C(N)N)cc2)c(Cc2cccc(S(C)(=O)=O)c2)s1.Cl. The van der Waals surface area contributed by atoms with Crippen molar-refractivity contribution in [2.24, 2.45) is 16.5 Å². The summed E-state index contributed by atoms with van der Waals surface area (Å²) in [6, 6.07) is 14.5. The number of nitrogens with two attached hydrogens (primary N) is 2. The van der Waals surface area contributed by atoms with Crippen molar-refractivity contribution in [1.29, 1.82) is 0 Å². The third-order valence-electron chi connectivity index (χ3n) is 4.60. The number of thiazole rings is 1. The lowest BCUT2D eigenvalue weighted by molar-refractivity contribution is -0.114. The van der Waals surface area contributed by atoms with Crippen molar-refractivity contribution in [3.8, 4) is 0 Å². The Hall–Kier alpha value is -2.95. The summed E-state index contributed by atoms with van der Waals surface area (Å²) in [4.78, 5) is 21.4. The van der Waals surface area contributed by atoms with Gasteiger partial charge in [-0.1, -0.05) is 24.3 Å². The van der Waals surface area contributed by atoms with Gasteiger partial charge in [-0.25, -0.2) is 18.4 Å². The van der Waals surface area contributed by atoms with Gasteiger partial charge in [0, 0.05) is 24.5 Å². The zero-order valence-corrected chi connectivity index (χ0v) is 20.7. The zero-order chi connectivity index (χ0) is 23.3. The first kappa shape index (κ1) is 26.3. The van der Waals surface area contributed by atoms with Crippen molar-refractivity contribution < 1.29 is 13.2 Å². The number of anilines is 1. The number of sulfone groups is 1. The van der Waals surface area contributed by atoms with E-state index in [1.807, 2.05) is 30.3 Å². The summed E-state index contributed by atoms with van der Waals surface area (Å²) < 4.78 is 23.8. The van der Waals surface area contributed by atoms with E-state index >= 15 is 0 Å². The first-order valence-corrected chi connectivity index (χ1v) is 12.5. The number of carbonyl (C=O) groups is 1. The molecule has 1 amide bonds.